The summed E-state index contributed by atoms with van der Waals surface area (Å²) in [6.07, 6.45) is 1.66. The van der Waals surface area contributed by atoms with Gasteiger partial charge in [-0.1, -0.05) is 25.1 Å². The lowest BCUT2D eigenvalue weighted by Crippen LogP contribution is -2.32. The highest BCUT2D eigenvalue weighted by Crippen LogP contribution is 2.17. The number of amides is 2. The van der Waals surface area contributed by atoms with Gasteiger partial charge in [0.25, 0.3) is 0 Å². The van der Waals surface area contributed by atoms with Gasteiger partial charge < -0.3 is 9.84 Å². The van der Waals surface area contributed by atoms with Crippen molar-refractivity contribution < 1.29 is 9.32 Å². The Balaban J connectivity index is 1.64. The second kappa shape index (κ2) is 7.98. The molecule has 9 heteroatoms. The van der Waals surface area contributed by atoms with Crippen molar-refractivity contribution in [1.82, 2.24) is 30.2 Å². The number of rotatable bonds is 6. The van der Waals surface area contributed by atoms with Crippen molar-refractivity contribution in [2.75, 3.05) is 5.32 Å². The summed E-state index contributed by atoms with van der Waals surface area (Å²) < 4.78 is 7.04. The summed E-state index contributed by atoms with van der Waals surface area (Å²) in [5.74, 6) is 1.74. The van der Waals surface area contributed by atoms with Gasteiger partial charge in [-0.15, -0.1) is 0 Å². The molecule has 0 aliphatic rings. The van der Waals surface area contributed by atoms with Crippen LogP contribution in [0.2, 0.25) is 0 Å². The number of nitrogens with zero attached hydrogens (tertiary/aromatic N) is 5. The molecule has 0 fully saturated rings. The van der Waals surface area contributed by atoms with E-state index in [1.54, 1.807) is 23.9 Å². The van der Waals surface area contributed by atoms with Crippen molar-refractivity contribution in [1.29, 1.82) is 0 Å². The maximum Gasteiger partial charge on any atom is 0.321 e. The first-order chi connectivity index (χ1) is 12.9. The first-order valence-electron chi connectivity index (χ1n) is 8.79. The van der Waals surface area contributed by atoms with Crippen molar-refractivity contribution in [3.05, 3.63) is 42.0 Å². The smallest absolute Gasteiger partial charge is 0.321 e. The Bertz CT molecular complexity index is 902. The molecule has 3 rings (SSSR count). The Kier molecular flexibility index (Phi) is 5.49. The monoisotopic (exact) mass is 369 g/mol. The fraction of sp³-hybridized carbons (Fsp3) is 0.389. The van der Waals surface area contributed by atoms with Gasteiger partial charge in [-0.25, -0.2) is 9.48 Å². The van der Waals surface area contributed by atoms with Crippen LogP contribution in [0.3, 0.4) is 0 Å². The van der Waals surface area contributed by atoms with E-state index in [0.717, 1.165) is 12.2 Å². The largest absolute Gasteiger partial charge is 0.337 e. The molecule has 2 N–H and O–H groups in total. The zero-order valence-corrected chi connectivity index (χ0v) is 15.8. The van der Waals surface area contributed by atoms with E-state index in [1.807, 2.05) is 25.1 Å². The van der Waals surface area contributed by atoms with E-state index in [4.69, 9.17) is 4.52 Å². The molecule has 1 atom stereocenters. The predicted octanol–water partition coefficient (Wildman–Crippen LogP) is 3.18. The quantitative estimate of drug-likeness (QED) is 0.690. The van der Waals surface area contributed by atoms with Gasteiger partial charge in [0.2, 0.25) is 11.7 Å². The van der Waals surface area contributed by atoms with Gasteiger partial charge in [0, 0.05) is 18.8 Å². The van der Waals surface area contributed by atoms with Gasteiger partial charge in [-0.2, -0.15) is 10.1 Å². The van der Waals surface area contributed by atoms with Crippen molar-refractivity contribution in [3.63, 3.8) is 0 Å². The average molecular weight is 369 g/mol. The number of hydrogen-bond donors (Lipinski definition) is 2. The maximum absolute atomic E-state index is 12.4. The van der Waals surface area contributed by atoms with Gasteiger partial charge >= 0.3 is 6.03 Å². The fourth-order valence-electron chi connectivity index (χ4n) is 2.55. The van der Waals surface area contributed by atoms with E-state index < -0.39 is 6.04 Å². The maximum atomic E-state index is 12.4. The molecule has 27 heavy (non-hydrogen) atoms. The van der Waals surface area contributed by atoms with Crippen molar-refractivity contribution >= 4 is 11.8 Å². The number of pyridine rings is 1. The van der Waals surface area contributed by atoms with E-state index in [2.05, 4.69) is 44.7 Å². The van der Waals surface area contributed by atoms with Crippen molar-refractivity contribution in [2.45, 2.75) is 40.3 Å². The molecular formula is C18H23N7O2. The molecule has 0 aliphatic heterocycles. The molecule has 1 unspecified atom stereocenters. The summed E-state index contributed by atoms with van der Waals surface area (Å²) in [6, 6.07) is 6.44. The molecule has 9 nitrogen and oxygen atoms in total. The molecule has 0 aliphatic carbocycles. The lowest BCUT2D eigenvalue weighted by Gasteiger charge is -2.13. The molecule has 0 spiro atoms. The first kappa shape index (κ1) is 18.6. The van der Waals surface area contributed by atoms with E-state index in [-0.39, 0.29) is 6.03 Å². The van der Waals surface area contributed by atoms with E-state index in [1.165, 1.54) is 0 Å². The SMILES string of the molecule is Cc1cc(NC(=O)NC(C)c2nc(-c3ccccn3)no2)n(CC(C)C)n1. The van der Waals surface area contributed by atoms with Crippen molar-refractivity contribution in [2.24, 2.45) is 5.92 Å². The number of aromatic nitrogens is 5. The van der Waals surface area contributed by atoms with Crippen LogP contribution in [0.4, 0.5) is 10.6 Å². The summed E-state index contributed by atoms with van der Waals surface area (Å²) in [5.41, 5.74) is 1.45. The lowest BCUT2D eigenvalue weighted by atomic mass is 10.2. The first-order valence-corrected chi connectivity index (χ1v) is 8.79. The van der Waals surface area contributed by atoms with Crippen LogP contribution in [0, 0.1) is 12.8 Å². The molecule has 0 aromatic carbocycles. The number of nitrogens with one attached hydrogen (secondary N) is 2. The Hall–Kier alpha value is -3.23. The second-order valence-corrected chi connectivity index (χ2v) is 6.74. The molecule has 3 heterocycles. The van der Waals surface area contributed by atoms with Crippen LogP contribution in [0.25, 0.3) is 11.5 Å². The molecule has 2 amide bonds. The van der Waals surface area contributed by atoms with Crippen LogP contribution >= 0.6 is 0 Å². The standard InChI is InChI=1S/C18H23N7O2/c1-11(2)10-25-15(9-12(3)23-25)21-18(26)20-13(4)17-22-16(24-27-17)14-7-5-6-8-19-14/h5-9,11,13H,10H2,1-4H3,(H2,20,21,26). The number of aryl methyl sites for hydroxylation is 1. The van der Waals surface area contributed by atoms with Gasteiger partial charge in [-0.3, -0.25) is 10.3 Å². The number of carbonyl (C=O) groups is 1. The normalized spacial score (nSPS) is 12.2. The molecule has 0 saturated heterocycles. The third-order valence-electron chi connectivity index (χ3n) is 3.74. The Morgan fingerprint density at radius 1 is 1.30 bits per heavy atom. The summed E-state index contributed by atoms with van der Waals surface area (Å²) in [5, 5.41) is 13.9. The molecular weight excluding hydrogens is 346 g/mol. The molecule has 0 saturated carbocycles. The number of hydrogen-bond acceptors (Lipinski definition) is 6. The van der Waals surface area contributed by atoms with Crippen LogP contribution in [0.5, 0.6) is 0 Å². The van der Waals surface area contributed by atoms with Crippen LogP contribution in [-0.4, -0.2) is 30.9 Å². The number of anilines is 1. The highest BCUT2D eigenvalue weighted by atomic mass is 16.5. The summed E-state index contributed by atoms with van der Waals surface area (Å²) in [7, 11) is 0. The Labute approximate surface area is 157 Å². The minimum atomic E-state index is -0.461. The van der Waals surface area contributed by atoms with Crippen LogP contribution in [-0.2, 0) is 6.54 Å². The zero-order valence-electron chi connectivity index (χ0n) is 15.8. The van der Waals surface area contributed by atoms with Gasteiger partial charge in [0.1, 0.15) is 17.6 Å². The summed E-state index contributed by atoms with van der Waals surface area (Å²) in [6.45, 7) is 8.57. The minimum absolute atomic E-state index is 0.303. The van der Waals surface area contributed by atoms with Crippen LogP contribution in [0.1, 0.15) is 38.4 Å². The summed E-state index contributed by atoms with van der Waals surface area (Å²) >= 11 is 0. The Morgan fingerprint density at radius 3 is 2.81 bits per heavy atom. The highest BCUT2D eigenvalue weighted by Gasteiger charge is 2.19. The zero-order chi connectivity index (χ0) is 19.4. The summed E-state index contributed by atoms with van der Waals surface area (Å²) in [4.78, 5) is 20.8. The average Bonchev–Trinajstić information content (AvgIpc) is 3.22. The van der Waals surface area contributed by atoms with E-state index in [0.29, 0.717) is 29.1 Å². The molecule has 142 valence electrons. The fourth-order valence-corrected chi connectivity index (χ4v) is 2.55. The molecule has 0 bridgehead atoms. The third kappa shape index (κ3) is 4.69. The van der Waals surface area contributed by atoms with Crippen LogP contribution in [0.15, 0.2) is 35.0 Å². The van der Waals surface area contributed by atoms with E-state index in [9.17, 15) is 4.79 Å². The molecule has 3 aromatic rings. The lowest BCUT2D eigenvalue weighted by molar-refractivity contribution is 0.245. The Morgan fingerprint density at radius 2 is 2.11 bits per heavy atom. The second-order valence-electron chi connectivity index (χ2n) is 6.74. The molecule has 0 radical (unpaired) electrons. The van der Waals surface area contributed by atoms with Crippen LogP contribution < -0.4 is 10.6 Å². The minimum Gasteiger partial charge on any atom is -0.337 e. The van der Waals surface area contributed by atoms with Crippen molar-refractivity contribution in [3.8, 4) is 11.5 Å². The predicted molar refractivity (Wildman–Crippen MR) is 99.9 cm³/mol. The van der Waals surface area contributed by atoms with Gasteiger partial charge in [-0.05, 0) is 31.9 Å². The number of urea groups is 1. The third-order valence-corrected chi connectivity index (χ3v) is 3.74. The molecule has 3 aromatic heterocycles. The number of carbonyl (C=O) groups excluding carboxylic acids is 1. The highest BCUT2D eigenvalue weighted by molar-refractivity contribution is 5.88. The van der Waals surface area contributed by atoms with E-state index >= 15 is 0 Å². The van der Waals surface area contributed by atoms with Gasteiger partial charge in [0.05, 0.1) is 5.69 Å². The topological polar surface area (TPSA) is 111 Å². The van der Waals surface area contributed by atoms with Gasteiger partial charge in [0.15, 0.2) is 0 Å².